The molecule has 1 unspecified atom stereocenters. The lowest BCUT2D eigenvalue weighted by Crippen LogP contribution is -2.24. The van der Waals surface area contributed by atoms with Crippen LogP contribution in [0.2, 0.25) is 0 Å². The van der Waals surface area contributed by atoms with E-state index in [-0.39, 0.29) is 17.7 Å². The van der Waals surface area contributed by atoms with Gasteiger partial charge in [-0.05, 0) is 23.8 Å². The van der Waals surface area contributed by atoms with Crippen molar-refractivity contribution < 1.29 is 22.3 Å². The third-order valence-electron chi connectivity index (χ3n) is 3.49. The van der Waals surface area contributed by atoms with Gasteiger partial charge in [0.2, 0.25) is 0 Å². The van der Waals surface area contributed by atoms with Crippen LogP contribution < -0.4 is 10.5 Å². The van der Waals surface area contributed by atoms with Gasteiger partial charge in [-0.15, -0.1) is 0 Å². The molecule has 2 nitrogen and oxygen atoms in total. The monoisotopic (exact) mass is 297 g/mol. The fourth-order valence-electron chi connectivity index (χ4n) is 2.44. The smallest absolute Gasteiger partial charge is 0.194 e. The van der Waals surface area contributed by atoms with Crippen molar-refractivity contribution in [2.24, 2.45) is 5.73 Å². The van der Waals surface area contributed by atoms with Crippen LogP contribution in [0.4, 0.5) is 17.6 Å². The van der Waals surface area contributed by atoms with Gasteiger partial charge in [0, 0.05) is 24.1 Å². The van der Waals surface area contributed by atoms with E-state index < -0.39 is 35.4 Å². The van der Waals surface area contributed by atoms with Gasteiger partial charge in [0.1, 0.15) is 17.7 Å². The molecule has 1 aliphatic heterocycles. The van der Waals surface area contributed by atoms with Gasteiger partial charge >= 0.3 is 0 Å². The molecule has 6 heteroatoms. The predicted octanol–water partition coefficient (Wildman–Crippen LogP) is 3.77. The second-order valence-electron chi connectivity index (χ2n) is 4.93. The highest BCUT2D eigenvalue weighted by Crippen LogP contribution is 2.40. The van der Waals surface area contributed by atoms with E-state index in [0.29, 0.717) is 5.56 Å². The quantitative estimate of drug-likeness (QED) is 0.642. The average molecular weight is 297 g/mol. The molecular formula is C15H11F4NO. The fraction of sp³-hybridized carbons (Fsp3) is 0.200. The summed E-state index contributed by atoms with van der Waals surface area (Å²) in [5.41, 5.74) is 6.71. The van der Waals surface area contributed by atoms with Crippen molar-refractivity contribution in [3.05, 3.63) is 64.7 Å². The van der Waals surface area contributed by atoms with Crippen molar-refractivity contribution in [1.29, 1.82) is 0 Å². The first-order valence-electron chi connectivity index (χ1n) is 6.32. The molecule has 0 saturated heterocycles. The van der Waals surface area contributed by atoms with E-state index in [9.17, 15) is 17.6 Å². The number of rotatable bonds is 1. The summed E-state index contributed by atoms with van der Waals surface area (Å²) in [7, 11) is 0. The Hall–Kier alpha value is -2.08. The van der Waals surface area contributed by atoms with Crippen LogP contribution >= 0.6 is 0 Å². The third kappa shape index (κ3) is 2.47. The van der Waals surface area contributed by atoms with E-state index in [1.165, 1.54) is 12.1 Å². The molecule has 0 saturated carbocycles. The fourth-order valence-corrected chi connectivity index (χ4v) is 2.44. The summed E-state index contributed by atoms with van der Waals surface area (Å²) in [4.78, 5) is 0. The SMILES string of the molecule is N[C@H]1CC(c2cc(F)c(F)c(F)c2)Oc2cc(F)ccc21. The van der Waals surface area contributed by atoms with Crippen LogP contribution in [0.3, 0.4) is 0 Å². The number of hydrogen-bond acceptors (Lipinski definition) is 2. The highest BCUT2D eigenvalue weighted by atomic mass is 19.2. The molecule has 2 aromatic rings. The first-order valence-corrected chi connectivity index (χ1v) is 6.32. The van der Waals surface area contributed by atoms with Crippen molar-refractivity contribution in [1.82, 2.24) is 0 Å². The van der Waals surface area contributed by atoms with Crippen molar-refractivity contribution in [2.75, 3.05) is 0 Å². The molecule has 0 radical (unpaired) electrons. The largest absolute Gasteiger partial charge is 0.485 e. The zero-order valence-corrected chi connectivity index (χ0v) is 10.7. The normalized spacial score (nSPS) is 20.8. The van der Waals surface area contributed by atoms with Gasteiger partial charge in [-0.2, -0.15) is 0 Å². The number of fused-ring (bicyclic) bond motifs is 1. The lowest BCUT2D eigenvalue weighted by Gasteiger charge is -2.30. The van der Waals surface area contributed by atoms with Crippen LogP contribution in [0.5, 0.6) is 5.75 Å². The van der Waals surface area contributed by atoms with Gasteiger partial charge in [0.05, 0.1) is 0 Å². The van der Waals surface area contributed by atoms with Crippen LogP contribution in [-0.2, 0) is 0 Å². The van der Waals surface area contributed by atoms with Gasteiger partial charge in [-0.3, -0.25) is 0 Å². The van der Waals surface area contributed by atoms with Crippen LogP contribution in [-0.4, -0.2) is 0 Å². The molecule has 0 fully saturated rings. The van der Waals surface area contributed by atoms with E-state index in [2.05, 4.69) is 0 Å². The lowest BCUT2D eigenvalue weighted by molar-refractivity contribution is 0.159. The minimum atomic E-state index is -1.54. The van der Waals surface area contributed by atoms with E-state index >= 15 is 0 Å². The van der Waals surface area contributed by atoms with Crippen LogP contribution in [0.1, 0.15) is 29.7 Å². The van der Waals surface area contributed by atoms with Crippen molar-refractivity contribution in [3.63, 3.8) is 0 Å². The molecule has 1 heterocycles. The molecule has 2 aromatic carbocycles. The van der Waals surface area contributed by atoms with Crippen molar-refractivity contribution >= 4 is 0 Å². The summed E-state index contributed by atoms with van der Waals surface area (Å²) < 4.78 is 58.3. The summed E-state index contributed by atoms with van der Waals surface area (Å²) in [5, 5.41) is 0. The summed E-state index contributed by atoms with van der Waals surface area (Å²) in [6, 6.07) is 5.20. The predicted molar refractivity (Wildman–Crippen MR) is 67.6 cm³/mol. The Bertz CT molecular complexity index is 681. The van der Waals surface area contributed by atoms with E-state index in [1.807, 2.05) is 0 Å². The molecule has 0 bridgehead atoms. The molecule has 0 spiro atoms. The molecule has 110 valence electrons. The van der Waals surface area contributed by atoms with E-state index in [4.69, 9.17) is 10.5 Å². The maximum Gasteiger partial charge on any atom is 0.194 e. The first kappa shape index (κ1) is 13.9. The van der Waals surface area contributed by atoms with E-state index in [1.54, 1.807) is 0 Å². The van der Waals surface area contributed by atoms with Gasteiger partial charge in [0.15, 0.2) is 17.5 Å². The lowest BCUT2D eigenvalue weighted by atomic mass is 9.93. The minimum Gasteiger partial charge on any atom is -0.485 e. The van der Waals surface area contributed by atoms with Crippen molar-refractivity contribution in [2.45, 2.75) is 18.6 Å². The molecule has 21 heavy (non-hydrogen) atoms. The Morgan fingerprint density at radius 3 is 2.33 bits per heavy atom. The Labute approximate surface area is 118 Å². The van der Waals surface area contributed by atoms with E-state index in [0.717, 1.165) is 18.2 Å². The highest BCUT2D eigenvalue weighted by Gasteiger charge is 2.28. The standard InChI is InChI=1S/C15H11F4NO/c16-8-1-2-9-12(20)6-13(21-14(9)5-8)7-3-10(17)15(19)11(18)4-7/h1-5,12-13H,6,20H2/t12-,13?/m0/s1. The molecular weight excluding hydrogens is 286 g/mol. The molecule has 0 amide bonds. The zero-order valence-electron chi connectivity index (χ0n) is 10.7. The minimum absolute atomic E-state index is 0.122. The molecule has 3 rings (SSSR count). The second kappa shape index (κ2) is 5.04. The Morgan fingerprint density at radius 2 is 1.67 bits per heavy atom. The molecule has 2 N–H and O–H groups in total. The number of nitrogens with two attached hydrogens (primary N) is 1. The van der Waals surface area contributed by atoms with Gasteiger partial charge in [0.25, 0.3) is 0 Å². The Morgan fingerprint density at radius 1 is 1.00 bits per heavy atom. The highest BCUT2D eigenvalue weighted by molar-refractivity contribution is 5.39. The van der Waals surface area contributed by atoms with Crippen LogP contribution in [0.15, 0.2) is 30.3 Å². The van der Waals surface area contributed by atoms with Crippen LogP contribution in [0.25, 0.3) is 0 Å². The number of benzene rings is 2. The maximum absolute atomic E-state index is 13.3. The number of halogens is 4. The Balaban J connectivity index is 1.99. The number of hydrogen-bond donors (Lipinski definition) is 1. The Kier molecular flexibility index (Phi) is 3.33. The van der Waals surface area contributed by atoms with Gasteiger partial charge in [-0.1, -0.05) is 6.07 Å². The molecule has 0 aliphatic carbocycles. The first-order chi connectivity index (χ1) is 9.95. The number of ether oxygens (including phenoxy) is 1. The molecule has 2 atom stereocenters. The zero-order chi connectivity index (χ0) is 15.1. The average Bonchev–Trinajstić information content (AvgIpc) is 2.43. The summed E-state index contributed by atoms with van der Waals surface area (Å²) >= 11 is 0. The third-order valence-corrected chi connectivity index (χ3v) is 3.49. The maximum atomic E-state index is 13.3. The summed E-state index contributed by atoms with van der Waals surface area (Å²) in [6.07, 6.45) is -0.512. The van der Waals surface area contributed by atoms with Crippen LogP contribution in [0, 0.1) is 23.3 Å². The van der Waals surface area contributed by atoms with Gasteiger partial charge < -0.3 is 10.5 Å². The summed E-state index contributed by atoms with van der Waals surface area (Å²) in [5.74, 6) is -4.41. The molecule has 1 aliphatic rings. The summed E-state index contributed by atoms with van der Waals surface area (Å²) in [6.45, 7) is 0. The van der Waals surface area contributed by atoms with Gasteiger partial charge in [-0.25, -0.2) is 17.6 Å². The second-order valence-corrected chi connectivity index (χ2v) is 4.93. The van der Waals surface area contributed by atoms with Crippen molar-refractivity contribution in [3.8, 4) is 5.75 Å². The topological polar surface area (TPSA) is 35.2 Å². The molecule has 0 aromatic heterocycles.